The van der Waals surface area contributed by atoms with Crippen LogP contribution in [0.15, 0.2) is 67.0 Å². The lowest BCUT2D eigenvalue weighted by Gasteiger charge is -2.08. The number of rotatable bonds is 4. The van der Waals surface area contributed by atoms with E-state index in [0.29, 0.717) is 28.8 Å². The van der Waals surface area contributed by atoms with E-state index in [2.05, 4.69) is 16.0 Å². The summed E-state index contributed by atoms with van der Waals surface area (Å²) in [5, 5.41) is 9.13. The molecule has 3 aromatic rings. The van der Waals surface area contributed by atoms with Gasteiger partial charge >= 0.3 is 0 Å². The Kier molecular flexibility index (Phi) is 3.94. The number of aromatic nitrogens is 2. The molecule has 3 rings (SSSR count). The van der Waals surface area contributed by atoms with Gasteiger partial charge in [-0.2, -0.15) is 5.26 Å². The van der Waals surface area contributed by atoms with E-state index in [-0.39, 0.29) is 0 Å². The van der Waals surface area contributed by atoms with Gasteiger partial charge in [-0.15, -0.1) is 0 Å². The quantitative estimate of drug-likeness (QED) is 0.727. The molecule has 0 saturated heterocycles. The largest absolute Gasteiger partial charge is 0.439 e. The number of benzene rings is 1. The zero-order chi connectivity index (χ0) is 15.2. The minimum atomic E-state index is 0.430. The Bertz CT molecular complexity index is 739. The Balaban J connectivity index is 1.88. The summed E-state index contributed by atoms with van der Waals surface area (Å²) in [5.74, 6) is 1.84. The van der Waals surface area contributed by atoms with Crippen molar-refractivity contribution in [2.24, 2.45) is 0 Å². The summed E-state index contributed by atoms with van der Waals surface area (Å²) >= 11 is 0. The first-order valence-electron chi connectivity index (χ1n) is 6.56. The second-order valence-corrected chi connectivity index (χ2v) is 4.34. The molecule has 2 aromatic heterocycles. The molecule has 22 heavy (non-hydrogen) atoms. The van der Waals surface area contributed by atoms with E-state index < -0.39 is 0 Å². The predicted molar refractivity (Wildman–Crippen MR) is 79.8 cm³/mol. The average molecular weight is 289 g/mol. The van der Waals surface area contributed by atoms with E-state index in [1.807, 2.05) is 12.1 Å². The molecule has 0 spiro atoms. The molecule has 0 aliphatic carbocycles. The van der Waals surface area contributed by atoms with Crippen molar-refractivity contribution in [3.63, 3.8) is 0 Å². The normalized spacial score (nSPS) is 9.77. The maximum absolute atomic E-state index is 9.13. The molecule has 0 amide bonds. The third-order valence-electron chi connectivity index (χ3n) is 2.73. The van der Waals surface area contributed by atoms with E-state index in [4.69, 9.17) is 14.7 Å². The van der Waals surface area contributed by atoms with Crippen molar-refractivity contribution in [1.29, 1.82) is 5.26 Å². The zero-order valence-corrected chi connectivity index (χ0v) is 11.5. The van der Waals surface area contributed by atoms with Crippen molar-refractivity contribution in [3.05, 3.63) is 72.6 Å². The summed E-state index contributed by atoms with van der Waals surface area (Å²) in [5.41, 5.74) is 0.430. The molecule has 0 bridgehead atoms. The van der Waals surface area contributed by atoms with Crippen molar-refractivity contribution in [2.75, 3.05) is 0 Å². The van der Waals surface area contributed by atoms with Crippen LogP contribution in [0.4, 0.5) is 0 Å². The molecule has 0 radical (unpaired) electrons. The fourth-order valence-electron chi connectivity index (χ4n) is 1.81. The molecule has 0 saturated carbocycles. The second-order valence-electron chi connectivity index (χ2n) is 4.34. The molecule has 5 heteroatoms. The van der Waals surface area contributed by atoms with E-state index in [1.165, 1.54) is 0 Å². The number of pyridine rings is 2. The highest BCUT2D eigenvalue weighted by atomic mass is 16.5. The predicted octanol–water partition coefficient (Wildman–Crippen LogP) is 3.93. The molecular formula is C17H11N3O2. The van der Waals surface area contributed by atoms with Crippen molar-refractivity contribution < 1.29 is 9.47 Å². The molecule has 5 nitrogen and oxygen atoms in total. The van der Waals surface area contributed by atoms with Crippen molar-refractivity contribution in [2.45, 2.75) is 0 Å². The summed E-state index contributed by atoms with van der Waals surface area (Å²) in [4.78, 5) is 8.17. The maximum Gasteiger partial charge on any atom is 0.219 e. The third kappa shape index (κ3) is 3.38. The third-order valence-corrected chi connectivity index (χ3v) is 2.73. The van der Waals surface area contributed by atoms with Gasteiger partial charge in [0.05, 0.1) is 11.6 Å². The van der Waals surface area contributed by atoms with Crippen LogP contribution >= 0.6 is 0 Å². The molecule has 106 valence electrons. The van der Waals surface area contributed by atoms with Crippen LogP contribution in [0, 0.1) is 11.3 Å². The van der Waals surface area contributed by atoms with Crippen LogP contribution in [0.5, 0.6) is 23.3 Å². The second kappa shape index (κ2) is 6.37. The fourth-order valence-corrected chi connectivity index (χ4v) is 1.81. The number of hydrogen-bond acceptors (Lipinski definition) is 5. The molecule has 2 heterocycles. The minimum Gasteiger partial charge on any atom is -0.439 e. The van der Waals surface area contributed by atoms with E-state index in [0.717, 1.165) is 0 Å². The zero-order valence-electron chi connectivity index (χ0n) is 11.5. The highest BCUT2D eigenvalue weighted by molar-refractivity contribution is 5.45. The van der Waals surface area contributed by atoms with Crippen molar-refractivity contribution >= 4 is 0 Å². The first-order valence-corrected chi connectivity index (χ1v) is 6.56. The van der Waals surface area contributed by atoms with Crippen LogP contribution in [0.3, 0.4) is 0 Å². The fraction of sp³-hybridized carbons (Fsp3) is 0. The van der Waals surface area contributed by atoms with Gasteiger partial charge in [-0.3, -0.25) is 0 Å². The lowest BCUT2D eigenvalue weighted by atomic mass is 10.2. The number of nitrogens with zero attached hydrogens (tertiary/aromatic N) is 3. The molecule has 0 atom stereocenters. The Morgan fingerprint density at radius 1 is 0.773 bits per heavy atom. The lowest BCUT2D eigenvalue weighted by molar-refractivity contribution is 0.441. The first kappa shape index (κ1) is 13.6. The highest BCUT2D eigenvalue weighted by Gasteiger charge is 2.06. The van der Waals surface area contributed by atoms with Crippen molar-refractivity contribution in [3.8, 4) is 29.3 Å². The Labute approximate surface area is 127 Å². The summed E-state index contributed by atoms with van der Waals surface area (Å²) in [7, 11) is 0. The van der Waals surface area contributed by atoms with Crippen LogP contribution in [-0.2, 0) is 0 Å². The lowest BCUT2D eigenvalue weighted by Crippen LogP contribution is -1.91. The summed E-state index contributed by atoms with van der Waals surface area (Å²) in [6.07, 6.45) is 3.27. The van der Waals surface area contributed by atoms with Gasteiger partial charge < -0.3 is 9.47 Å². The van der Waals surface area contributed by atoms with Gasteiger partial charge in [0.25, 0.3) is 0 Å². The summed E-state index contributed by atoms with van der Waals surface area (Å²) < 4.78 is 11.3. The SMILES string of the molecule is N#Cc1cc(Oc2ccccn2)cc(Oc2ccccn2)c1. The maximum atomic E-state index is 9.13. The van der Waals surface area contributed by atoms with Gasteiger partial charge in [-0.1, -0.05) is 12.1 Å². The van der Waals surface area contributed by atoms with Crippen LogP contribution in [0.25, 0.3) is 0 Å². The smallest absolute Gasteiger partial charge is 0.219 e. The van der Waals surface area contributed by atoms with Crippen LogP contribution < -0.4 is 9.47 Å². The van der Waals surface area contributed by atoms with Crippen LogP contribution in [0.1, 0.15) is 5.56 Å². The first-order chi connectivity index (χ1) is 10.8. The monoisotopic (exact) mass is 289 g/mol. The molecular weight excluding hydrogens is 278 g/mol. The Morgan fingerprint density at radius 2 is 1.32 bits per heavy atom. The highest BCUT2D eigenvalue weighted by Crippen LogP contribution is 2.28. The number of nitriles is 1. The molecule has 0 N–H and O–H groups in total. The molecule has 0 aliphatic heterocycles. The van der Waals surface area contributed by atoms with Gasteiger partial charge in [0.2, 0.25) is 11.8 Å². The van der Waals surface area contributed by atoms with E-state index in [9.17, 15) is 0 Å². The van der Waals surface area contributed by atoms with Crippen LogP contribution in [-0.4, -0.2) is 9.97 Å². The van der Waals surface area contributed by atoms with E-state index >= 15 is 0 Å². The van der Waals surface area contributed by atoms with Gasteiger partial charge in [0, 0.05) is 30.6 Å². The molecule has 0 aliphatic rings. The minimum absolute atomic E-state index is 0.430. The van der Waals surface area contributed by atoms with Gasteiger partial charge in [0.1, 0.15) is 11.5 Å². The summed E-state index contributed by atoms with van der Waals surface area (Å²) in [6, 6.07) is 17.7. The van der Waals surface area contributed by atoms with Crippen molar-refractivity contribution in [1.82, 2.24) is 9.97 Å². The average Bonchev–Trinajstić information content (AvgIpc) is 2.56. The molecule has 0 fully saturated rings. The standard InChI is InChI=1S/C17H11N3O2/c18-12-13-9-14(21-16-5-1-3-7-19-16)11-15(10-13)22-17-6-2-4-8-20-17/h1-11H. The van der Waals surface area contributed by atoms with E-state index in [1.54, 1.807) is 54.9 Å². The molecule has 1 aromatic carbocycles. The number of ether oxygens (including phenoxy) is 2. The Morgan fingerprint density at radius 3 is 1.73 bits per heavy atom. The number of hydrogen-bond donors (Lipinski definition) is 0. The van der Waals surface area contributed by atoms with Gasteiger partial charge in [-0.05, 0) is 24.3 Å². The topological polar surface area (TPSA) is 68.0 Å². The molecule has 0 unspecified atom stereocenters. The summed E-state index contributed by atoms with van der Waals surface area (Å²) in [6.45, 7) is 0. The van der Waals surface area contributed by atoms with Gasteiger partial charge in [-0.25, -0.2) is 9.97 Å². The Hall–Kier alpha value is -3.39. The van der Waals surface area contributed by atoms with Crippen LogP contribution in [0.2, 0.25) is 0 Å². The van der Waals surface area contributed by atoms with Gasteiger partial charge in [0.15, 0.2) is 0 Å².